The number of carbonyl (C=O) groups excluding carboxylic acids is 3. The third-order valence-corrected chi connectivity index (χ3v) is 9.00. The summed E-state index contributed by atoms with van der Waals surface area (Å²) >= 11 is 6.40. The second-order valence-corrected chi connectivity index (χ2v) is 12.1. The SMILES string of the molecule is COc1cc(C(=O)NC[C@](C=O)(c2cc3c(c(-c4ccnc(C(F)F)c4Cl)n2)OC[C@]3(C)C(N)=O)C2CC2)cc(/C=N/C(C)F)c1N. The lowest BCUT2D eigenvalue weighted by atomic mass is 9.76. The average Bonchev–Trinajstić information content (AvgIpc) is 3.83. The molecule has 1 aromatic carbocycles. The Morgan fingerprint density at radius 3 is 2.62 bits per heavy atom. The van der Waals surface area contributed by atoms with Crippen LogP contribution in [0.15, 0.2) is 35.5 Å². The maximum absolute atomic E-state index is 13.8. The van der Waals surface area contributed by atoms with Gasteiger partial charge < -0.3 is 31.1 Å². The Morgan fingerprint density at radius 1 is 1.30 bits per heavy atom. The summed E-state index contributed by atoms with van der Waals surface area (Å²) in [5.41, 5.74) is 9.45. The van der Waals surface area contributed by atoms with Crippen LogP contribution in [0.4, 0.5) is 18.9 Å². The molecular formula is C32H32ClF3N6O5. The number of fused-ring (bicyclic) bond motifs is 1. The largest absolute Gasteiger partial charge is 0.495 e. The highest BCUT2D eigenvalue weighted by Gasteiger charge is 2.51. The molecule has 0 bridgehead atoms. The van der Waals surface area contributed by atoms with E-state index in [0.717, 1.165) is 6.20 Å². The van der Waals surface area contributed by atoms with Gasteiger partial charge in [-0.1, -0.05) is 11.6 Å². The van der Waals surface area contributed by atoms with Crippen molar-refractivity contribution in [2.45, 2.75) is 50.2 Å². The minimum Gasteiger partial charge on any atom is -0.495 e. The summed E-state index contributed by atoms with van der Waals surface area (Å²) in [5, 5.41) is 2.42. The smallest absolute Gasteiger partial charge is 0.281 e. The fourth-order valence-electron chi connectivity index (χ4n) is 5.61. The van der Waals surface area contributed by atoms with E-state index in [9.17, 15) is 27.6 Å². The van der Waals surface area contributed by atoms with Crippen molar-refractivity contribution in [3.05, 3.63) is 63.6 Å². The van der Waals surface area contributed by atoms with E-state index < -0.39 is 41.1 Å². The minimum atomic E-state index is -3.00. The number of rotatable bonds is 12. The number of hydrogen-bond acceptors (Lipinski definition) is 9. The van der Waals surface area contributed by atoms with Crippen molar-refractivity contribution >= 4 is 41.6 Å². The first kappa shape index (κ1) is 33.6. The van der Waals surface area contributed by atoms with Crippen molar-refractivity contribution in [2.24, 2.45) is 16.6 Å². The quantitative estimate of drug-likeness (QED) is 0.109. The molecule has 0 radical (unpaired) electrons. The molecule has 2 aromatic heterocycles. The van der Waals surface area contributed by atoms with Gasteiger partial charge in [-0.15, -0.1) is 0 Å². The number of alkyl halides is 3. The third kappa shape index (κ3) is 6.09. The van der Waals surface area contributed by atoms with E-state index in [-0.39, 0.29) is 69.4 Å². The first-order chi connectivity index (χ1) is 22.3. The standard InChI is InChI=1S/C32H32ClF3N6O5/c1-15(34)40-11-17-8-16(9-21(46-3)24(17)37)29(44)41-12-32(13-43,18-4-5-18)22-10-20-27(47-14-31(20,2)30(38)45)25(42-22)19-6-7-39-26(23(19)33)28(35)36/h6-11,13,15,18,28H,4-5,12,14,37H2,1-3H3,(H2,38,45)(H,41,44)/b40-11+/t15?,31-,32+/m0/s1. The van der Waals surface area contributed by atoms with Crippen LogP contribution in [-0.4, -0.2) is 60.8 Å². The van der Waals surface area contributed by atoms with Crippen LogP contribution < -0.4 is 26.3 Å². The summed E-state index contributed by atoms with van der Waals surface area (Å²) in [7, 11) is 1.36. The fraction of sp³-hybridized carbons (Fsp3) is 0.375. The Hall–Kier alpha value is -4.72. The van der Waals surface area contributed by atoms with Crippen LogP contribution in [-0.2, 0) is 20.4 Å². The number of amides is 2. The molecule has 3 aromatic rings. The number of halogens is 4. The average molecular weight is 673 g/mol. The van der Waals surface area contributed by atoms with E-state index >= 15 is 0 Å². The van der Waals surface area contributed by atoms with Crippen molar-refractivity contribution in [3.63, 3.8) is 0 Å². The van der Waals surface area contributed by atoms with Crippen molar-refractivity contribution < 1.29 is 37.0 Å². The van der Waals surface area contributed by atoms with Gasteiger partial charge in [-0.25, -0.2) is 18.2 Å². The number of nitrogens with one attached hydrogen (secondary N) is 1. The Kier molecular flexibility index (Phi) is 9.18. The van der Waals surface area contributed by atoms with Gasteiger partial charge in [0.15, 0.2) is 6.30 Å². The summed E-state index contributed by atoms with van der Waals surface area (Å²) in [5.74, 6) is -1.33. The fourth-order valence-corrected chi connectivity index (χ4v) is 5.89. The Balaban J connectivity index is 1.61. The summed E-state index contributed by atoms with van der Waals surface area (Å²) in [6.45, 7) is 2.39. The van der Waals surface area contributed by atoms with Gasteiger partial charge in [0.1, 0.15) is 41.2 Å². The molecule has 1 fully saturated rings. The molecule has 248 valence electrons. The van der Waals surface area contributed by atoms with Gasteiger partial charge in [0.05, 0.1) is 28.9 Å². The topological polar surface area (TPSA) is 172 Å². The van der Waals surface area contributed by atoms with Crippen molar-refractivity contribution in [1.82, 2.24) is 15.3 Å². The lowest BCUT2D eigenvalue weighted by Crippen LogP contribution is -2.45. The van der Waals surface area contributed by atoms with Gasteiger partial charge in [-0.2, -0.15) is 0 Å². The van der Waals surface area contributed by atoms with Gasteiger partial charge in [-0.05, 0) is 56.9 Å². The summed E-state index contributed by atoms with van der Waals surface area (Å²) < 4.78 is 52.1. The summed E-state index contributed by atoms with van der Waals surface area (Å²) in [4.78, 5) is 51.5. The van der Waals surface area contributed by atoms with Gasteiger partial charge >= 0.3 is 0 Å². The van der Waals surface area contributed by atoms with Crippen LogP contribution in [0.2, 0.25) is 5.02 Å². The van der Waals surface area contributed by atoms with Crippen molar-refractivity contribution in [1.29, 1.82) is 0 Å². The molecule has 0 saturated heterocycles. The highest BCUT2D eigenvalue weighted by atomic mass is 35.5. The molecule has 11 nitrogen and oxygen atoms in total. The van der Waals surface area contributed by atoms with Crippen LogP contribution >= 0.6 is 11.6 Å². The van der Waals surface area contributed by atoms with E-state index in [4.69, 9.17) is 37.5 Å². The minimum absolute atomic E-state index is 0.0178. The molecular weight excluding hydrogens is 641 g/mol. The van der Waals surface area contributed by atoms with Crippen LogP contribution in [0.3, 0.4) is 0 Å². The van der Waals surface area contributed by atoms with Crippen LogP contribution in [0, 0.1) is 5.92 Å². The molecule has 15 heteroatoms. The number of pyridine rings is 2. The lowest BCUT2D eigenvalue weighted by Gasteiger charge is -2.30. The summed E-state index contributed by atoms with van der Waals surface area (Å²) in [6, 6.07) is 5.72. The Labute approximate surface area is 272 Å². The molecule has 3 atom stereocenters. The molecule has 0 spiro atoms. The monoisotopic (exact) mass is 672 g/mol. The van der Waals surface area contributed by atoms with Crippen LogP contribution in [0.5, 0.6) is 11.5 Å². The number of nitrogen functional groups attached to an aromatic ring is 1. The number of primary amides is 1. The predicted octanol–water partition coefficient (Wildman–Crippen LogP) is 4.47. The number of benzene rings is 1. The van der Waals surface area contributed by atoms with Gasteiger partial charge in [0.25, 0.3) is 12.3 Å². The van der Waals surface area contributed by atoms with E-state index in [2.05, 4.69) is 15.3 Å². The highest BCUT2D eigenvalue weighted by Crippen LogP contribution is 2.51. The molecule has 1 unspecified atom stereocenters. The van der Waals surface area contributed by atoms with E-state index in [1.807, 2.05) is 0 Å². The zero-order valence-corrected chi connectivity index (χ0v) is 26.4. The molecule has 1 saturated carbocycles. The zero-order valence-electron chi connectivity index (χ0n) is 25.7. The molecule has 5 N–H and O–H groups in total. The van der Waals surface area contributed by atoms with E-state index in [1.165, 1.54) is 44.5 Å². The normalized spacial score (nSPS) is 19.1. The number of aliphatic imine (C=N–C) groups is 1. The maximum Gasteiger partial charge on any atom is 0.281 e. The van der Waals surface area contributed by atoms with Crippen LogP contribution in [0.25, 0.3) is 11.3 Å². The number of aldehydes is 1. The molecule has 47 heavy (non-hydrogen) atoms. The van der Waals surface area contributed by atoms with Gasteiger partial charge in [0.2, 0.25) is 5.91 Å². The predicted molar refractivity (Wildman–Crippen MR) is 168 cm³/mol. The first-order valence-electron chi connectivity index (χ1n) is 14.6. The number of hydrogen-bond donors (Lipinski definition) is 3. The van der Waals surface area contributed by atoms with Crippen molar-refractivity contribution in [2.75, 3.05) is 26.0 Å². The van der Waals surface area contributed by atoms with Crippen molar-refractivity contribution in [3.8, 4) is 22.8 Å². The highest BCUT2D eigenvalue weighted by molar-refractivity contribution is 6.34. The number of methoxy groups -OCH3 is 1. The first-order valence-corrected chi connectivity index (χ1v) is 15.0. The second kappa shape index (κ2) is 12.8. The molecule has 1 aliphatic carbocycles. The third-order valence-electron chi connectivity index (χ3n) is 8.60. The number of aromatic nitrogens is 2. The lowest BCUT2D eigenvalue weighted by molar-refractivity contribution is -0.123. The van der Waals surface area contributed by atoms with Gasteiger partial charge in [-0.3, -0.25) is 19.6 Å². The van der Waals surface area contributed by atoms with E-state index in [1.54, 1.807) is 6.92 Å². The molecule has 3 heterocycles. The van der Waals surface area contributed by atoms with Gasteiger partial charge in [0, 0.05) is 41.2 Å². The molecule has 2 amide bonds. The Bertz CT molecular complexity index is 1790. The molecule has 2 aliphatic rings. The Morgan fingerprint density at radius 2 is 2.02 bits per heavy atom. The number of nitrogens with zero attached hydrogens (tertiary/aromatic N) is 3. The maximum atomic E-state index is 13.8. The number of nitrogens with two attached hydrogens (primary N) is 2. The van der Waals surface area contributed by atoms with Crippen LogP contribution in [0.1, 0.15) is 66.0 Å². The zero-order chi connectivity index (χ0) is 34.3. The van der Waals surface area contributed by atoms with E-state index in [0.29, 0.717) is 24.7 Å². The second-order valence-electron chi connectivity index (χ2n) is 11.7. The number of carbonyl (C=O) groups is 3. The number of ether oxygens (including phenoxy) is 2. The molecule has 5 rings (SSSR count). The molecule has 1 aliphatic heterocycles. The number of anilines is 1. The summed E-state index contributed by atoms with van der Waals surface area (Å²) in [6.07, 6.45) is -0.245.